The molecule has 2 aromatic rings. The second-order valence-electron chi connectivity index (χ2n) is 9.10. The zero-order chi connectivity index (χ0) is 24.9. The molecule has 2 atom stereocenters. The highest BCUT2D eigenvalue weighted by atomic mass is 32.2. The molecule has 2 aromatic carbocycles. The number of hydrogen-bond acceptors (Lipinski definition) is 6. The lowest BCUT2D eigenvalue weighted by atomic mass is 9.99. The van der Waals surface area contributed by atoms with Gasteiger partial charge in [0.05, 0.1) is 24.5 Å². The van der Waals surface area contributed by atoms with Crippen molar-refractivity contribution in [3.8, 4) is 5.75 Å². The zero-order valence-electron chi connectivity index (χ0n) is 19.1. The minimum absolute atomic E-state index is 0.00322. The molecule has 0 bridgehead atoms. The van der Waals surface area contributed by atoms with Gasteiger partial charge in [0.15, 0.2) is 0 Å². The number of amides is 1. The zero-order valence-corrected chi connectivity index (χ0v) is 20.0. The highest BCUT2D eigenvalue weighted by Gasteiger charge is 2.45. The summed E-state index contributed by atoms with van der Waals surface area (Å²) in [5.41, 5.74) is 0.800. The van der Waals surface area contributed by atoms with Crippen LogP contribution in [0.3, 0.4) is 0 Å². The number of halogens is 1. The van der Waals surface area contributed by atoms with E-state index in [9.17, 15) is 27.5 Å². The van der Waals surface area contributed by atoms with Crippen LogP contribution in [-0.2, 0) is 22.2 Å². The van der Waals surface area contributed by atoms with Gasteiger partial charge in [0.25, 0.3) is 0 Å². The standard InChI is InChI=1S/C24H26FN3O6S/c1-2-26-7-8-27(21(29)12-26)11-14-9-16(25)3-5-19(14)28(35(32)33)20-6-4-17-18-10-15(18)13-34-23(17)22(20)24(30)31/h3-6,9,15,18,35H,2,7-8,10-13H2,1H3,(H,30,31). The normalized spacial score (nSPS) is 21.3. The summed E-state index contributed by atoms with van der Waals surface area (Å²) in [6, 6.07) is 6.78. The van der Waals surface area contributed by atoms with Gasteiger partial charge in [0.2, 0.25) is 16.8 Å². The van der Waals surface area contributed by atoms with Crippen LogP contribution in [0.25, 0.3) is 0 Å². The maximum atomic E-state index is 14.3. The van der Waals surface area contributed by atoms with E-state index in [0.717, 1.165) is 28.9 Å². The Morgan fingerprint density at radius 2 is 2.00 bits per heavy atom. The maximum absolute atomic E-state index is 14.3. The maximum Gasteiger partial charge on any atom is 0.341 e. The number of thiol groups is 1. The summed E-state index contributed by atoms with van der Waals surface area (Å²) in [7, 11) is -3.36. The number of anilines is 2. The number of piperazine rings is 1. The molecule has 1 saturated heterocycles. The van der Waals surface area contributed by atoms with Crippen molar-refractivity contribution >= 4 is 34.1 Å². The topological polar surface area (TPSA) is 107 Å². The molecular formula is C24H26FN3O6S. The third-order valence-corrected chi connectivity index (χ3v) is 7.77. The van der Waals surface area contributed by atoms with E-state index in [1.54, 1.807) is 11.0 Å². The molecule has 2 unspecified atom stereocenters. The van der Waals surface area contributed by atoms with Crippen molar-refractivity contribution in [2.45, 2.75) is 25.8 Å². The number of aromatic carboxylic acids is 1. The first-order valence-electron chi connectivity index (χ1n) is 11.5. The van der Waals surface area contributed by atoms with Crippen LogP contribution < -0.4 is 9.04 Å². The number of nitrogens with zero attached hydrogens (tertiary/aromatic N) is 3. The molecule has 5 rings (SSSR count). The van der Waals surface area contributed by atoms with E-state index in [1.165, 1.54) is 18.2 Å². The number of hydrogen-bond donors (Lipinski definition) is 2. The van der Waals surface area contributed by atoms with E-state index < -0.39 is 22.7 Å². The number of carbonyl (C=O) groups is 2. The van der Waals surface area contributed by atoms with E-state index in [2.05, 4.69) is 0 Å². The summed E-state index contributed by atoms with van der Waals surface area (Å²) >= 11 is 0. The fraction of sp³-hybridized carbons (Fsp3) is 0.417. The number of benzene rings is 2. The Hall–Kier alpha value is -3.18. The van der Waals surface area contributed by atoms with Crippen LogP contribution in [0.4, 0.5) is 15.8 Å². The van der Waals surface area contributed by atoms with Crippen LogP contribution >= 0.6 is 0 Å². The molecule has 1 saturated carbocycles. The number of carboxylic acids is 1. The number of likely N-dealkylation sites (N-methyl/N-ethyl adjacent to an activating group) is 1. The van der Waals surface area contributed by atoms with Crippen LogP contribution in [0.5, 0.6) is 5.75 Å². The monoisotopic (exact) mass is 503 g/mol. The molecule has 1 aliphatic carbocycles. The molecule has 1 amide bonds. The van der Waals surface area contributed by atoms with Gasteiger partial charge in [-0.05, 0) is 54.3 Å². The van der Waals surface area contributed by atoms with Crippen molar-refractivity contribution in [2.75, 3.05) is 37.1 Å². The van der Waals surface area contributed by atoms with Crippen LogP contribution in [-0.4, -0.2) is 68.0 Å². The van der Waals surface area contributed by atoms with Crippen molar-refractivity contribution in [1.29, 1.82) is 0 Å². The van der Waals surface area contributed by atoms with Crippen LogP contribution in [0.1, 0.15) is 40.7 Å². The van der Waals surface area contributed by atoms with Crippen molar-refractivity contribution in [2.24, 2.45) is 5.92 Å². The fourth-order valence-corrected chi connectivity index (χ4v) is 5.73. The largest absolute Gasteiger partial charge is 0.492 e. The van der Waals surface area contributed by atoms with Gasteiger partial charge in [-0.2, -0.15) is 0 Å². The van der Waals surface area contributed by atoms with E-state index in [1.807, 2.05) is 11.8 Å². The molecule has 2 fully saturated rings. The lowest BCUT2D eigenvalue weighted by Crippen LogP contribution is -2.49. The number of ether oxygens (including phenoxy) is 1. The van der Waals surface area contributed by atoms with Gasteiger partial charge in [-0.15, -0.1) is 0 Å². The molecule has 35 heavy (non-hydrogen) atoms. The summed E-state index contributed by atoms with van der Waals surface area (Å²) < 4.78 is 46.0. The minimum Gasteiger partial charge on any atom is -0.492 e. The molecule has 9 nitrogen and oxygen atoms in total. The first kappa shape index (κ1) is 23.6. The van der Waals surface area contributed by atoms with Gasteiger partial charge in [-0.1, -0.05) is 13.0 Å². The predicted octanol–water partition coefficient (Wildman–Crippen LogP) is 2.35. The van der Waals surface area contributed by atoms with Crippen molar-refractivity contribution in [3.63, 3.8) is 0 Å². The van der Waals surface area contributed by atoms with Crippen LogP contribution in [0.15, 0.2) is 30.3 Å². The van der Waals surface area contributed by atoms with E-state index >= 15 is 0 Å². The summed E-state index contributed by atoms with van der Waals surface area (Å²) in [6.07, 6.45) is 0.909. The highest BCUT2D eigenvalue weighted by molar-refractivity contribution is 7.74. The average Bonchev–Trinajstić information content (AvgIpc) is 3.61. The Morgan fingerprint density at radius 1 is 1.23 bits per heavy atom. The van der Waals surface area contributed by atoms with Gasteiger partial charge in [0, 0.05) is 25.6 Å². The Bertz CT molecular complexity index is 1270. The highest BCUT2D eigenvalue weighted by Crippen LogP contribution is 2.56. The Kier molecular flexibility index (Phi) is 6.14. The number of carbonyl (C=O) groups excluding carboxylic acids is 1. The van der Waals surface area contributed by atoms with Crippen LogP contribution in [0.2, 0.25) is 0 Å². The third kappa shape index (κ3) is 4.34. The molecular weight excluding hydrogens is 477 g/mol. The lowest BCUT2D eigenvalue weighted by molar-refractivity contribution is -0.136. The van der Waals surface area contributed by atoms with Crippen molar-refractivity contribution in [3.05, 3.63) is 52.8 Å². The van der Waals surface area contributed by atoms with Gasteiger partial charge in [-0.25, -0.2) is 21.9 Å². The molecule has 11 heteroatoms. The molecule has 2 aliphatic heterocycles. The van der Waals surface area contributed by atoms with E-state index in [4.69, 9.17) is 4.74 Å². The first-order valence-corrected chi connectivity index (χ1v) is 12.7. The van der Waals surface area contributed by atoms with E-state index in [-0.39, 0.29) is 53.2 Å². The van der Waals surface area contributed by atoms with Gasteiger partial charge >= 0.3 is 5.97 Å². The SMILES string of the molecule is CCN1CCN(Cc2cc(F)ccc2N(c2ccc3c(c2C(=O)O)OCC2CC32)[SH](=O)=O)C(=O)C1. The molecule has 0 aromatic heterocycles. The third-order valence-electron chi connectivity index (χ3n) is 7.01. The predicted molar refractivity (Wildman–Crippen MR) is 126 cm³/mol. The molecule has 2 heterocycles. The molecule has 1 N–H and O–H groups in total. The molecule has 0 spiro atoms. The summed E-state index contributed by atoms with van der Waals surface area (Å²) in [5.74, 6) is -1.28. The van der Waals surface area contributed by atoms with Gasteiger partial charge in [0.1, 0.15) is 17.1 Å². The van der Waals surface area contributed by atoms with Crippen LogP contribution in [0, 0.1) is 11.7 Å². The Labute approximate surface area is 203 Å². The van der Waals surface area contributed by atoms with Gasteiger partial charge < -0.3 is 14.7 Å². The smallest absolute Gasteiger partial charge is 0.341 e. The number of rotatable bonds is 7. The summed E-state index contributed by atoms with van der Waals surface area (Å²) in [4.78, 5) is 28.5. The van der Waals surface area contributed by atoms with Crippen molar-refractivity contribution < 1.29 is 32.2 Å². The second-order valence-corrected chi connectivity index (χ2v) is 9.98. The fourth-order valence-electron chi connectivity index (χ4n) is 5.02. The average molecular weight is 504 g/mol. The Balaban J connectivity index is 1.57. The van der Waals surface area contributed by atoms with Crippen molar-refractivity contribution in [1.82, 2.24) is 9.80 Å². The minimum atomic E-state index is -3.36. The first-order chi connectivity index (χ1) is 16.8. The number of fused-ring (bicyclic) bond motifs is 3. The summed E-state index contributed by atoms with van der Waals surface area (Å²) in [6.45, 7) is 4.38. The quantitative estimate of drug-likeness (QED) is 0.559. The number of carboxylic acid groups (broad SMARTS) is 1. The second kappa shape index (κ2) is 9.12. The molecule has 0 radical (unpaired) electrons. The molecule has 186 valence electrons. The van der Waals surface area contributed by atoms with E-state index in [0.29, 0.717) is 25.6 Å². The van der Waals surface area contributed by atoms with Gasteiger partial charge in [-0.3, -0.25) is 9.69 Å². The Morgan fingerprint density at radius 3 is 2.69 bits per heavy atom. The molecule has 3 aliphatic rings. The summed E-state index contributed by atoms with van der Waals surface area (Å²) in [5, 5.41) is 10.0. The lowest BCUT2D eigenvalue weighted by Gasteiger charge is -2.34.